The van der Waals surface area contributed by atoms with Gasteiger partial charge in [0.1, 0.15) is 16.8 Å². The highest BCUT2D eigenvalue weighted by Gasteiger charge is 2.70. The maximum Gasteiger partial charge on any atom is 0.319 e. The maximum absolute atomic E-state index is 13.1. The van der Waals surface area contributed by atoms with E-state index in [0.717, 1.165) is 12.8 Å². The number of Topliss-reactive ketones (excluding diaryl/α,β-unsaturated/α-hetero) is 2. The summed E-state index contributed by atoms with van der Waals surface area (Å²) in [5.74, 6) is -0.532. The molecule has 0 unspecified atom stereocenters. The molecule has 0 aromatic rings. The molecule has 3 rings (SSSR count). The number of esters is 1. The second-order valence-electron chi connectivity index (χ2n) is 9.13. The highest BCUT2D eigenvalue weighted by atomic mass is 16.5. The molecule has 5 heteroatoms. The Morgan fingerprint density at radius 2 is 1.92 bits per heavy atom. The maximum atomic E-state index is 13.1. The molecule has 5 nitrogen and oxygen atoms in total. The molecular weight excluding hydrogens is 320 g/mol. The molecule has 0 aromatic heterocycles. The van der Waals surface area contributed by atoms with Gasteiger partial charge in [-0.2, -0.15) is 0 Å². The summed E-state index contributed by atoms with van der Waals surface area (Å²) in [4.78, 5) is 37.6. The Balaban J connectivity index is 1.79. The predicted octanol–water partition coefficient (Wildman–Crippen LogP) is 2.83. The molecule has 0 aliphatic heterocycles. The van der Waals surface area contributed by atoms with Crippen LogP contribution in [0.4, 0.5) is 0 Å². The first-order chi connectivity index (χ1) is 11.5. The zero-order chi connectivity index (χ0) is 18.7. The molecule has 0 spiro atoms. The molecule has 3 aliphatic carbocycles. The molecule has 3 aliphatic rings. The Kier molecular flexibility index (Phi) is 4.18. The number of carbonyl (C=O) groups excluding carboxylic acids is 3. The van der Waals surface area contributed by atoms with Crippen molar-refractivity contribution in [2.24, 2.45) is 22.2 Å². The van der Waals surface area contributed by atoms with Crippen molar-refractivity contribution in [3.05, 3.63) is 0 Å². The van der Waals surface area contributed by atoms with Crippen LogP contribution >= 0.6 is 0 Å². The number of fused-ring (bicyclic) bond motifs is 2. The van der Waals surface area contributed by atoms with Crippen LogP contribution in [0, 0.1) is 22.2 Å². The second-order valence-corrected chi connectivity index (χ2v) is 9.13. The fourth-order valence-electron chi connectivity index (χ4n) is 5.94. The van der Waals surface area contributed by atoms with Gasteiger partial charge in [0.25, 0.3) is 0 Å². The molecule has 0 radical (unpaired) electrons. The number of carbonyl (C=O) groups is 3. The Hall–Kier alpha value is -1.23. The fourth-order valence-corrected chi connectivity index (χ4v) is 5.94. The van der Waals surface area contributed by atoms with Crippen LogP contribution in [0.5, 0.6) is 0 Å². The minimum Gasteiger partial charge on any atom is -0.468 e. The number of ketones is 2. The summed E-state index contributed by atoms with van der Waals surface area (Å²) in [5, 5.41) is 11.3. The van der Waals surface area contributed by atoms with Crippen molar-refractivity contribution in [3.63, 3.8) is 0 Å². The Bertz CT molecular complexity index is 624. The predicted molar refractivity (Wildman–Crippen MR) is 91.7 cm³/mol. The largest absolute Gasteiger partial charge is 0.468 e. The van der Waals surface area contributed by atoms with Crippen molar-refractivity contribution < 1.29 is 24.2 Å². The Labute approximate surface area is 149 Å². The summed E-state index contributed by atoms with van der Waals surface area (Å²) in [6.45, 7) is 6.31. The summed E-state index contributed by atoms with van der Waals surface area (Å²) in [6, 6.07) is 0. The average molecular weight is 350 g/mol. The van der Waals surface area contributed by atoms with Crippen LogP contribution in [0.1, 0.15) is 72.1 Å². The van der Waals surface area contributed by atoms with Gasteiger partial charge < -0.3 is 9.84 Å². The van der Waals surface area contributed by atoms with Crippen molar-refractivity contribution in [2.45, 2.75) is 77.7 Å². The molecule has 3 fully saturated rings. The van der Waals surface area contributed by atoms with Crippen LogP contribution in [0.25, 0.3) is 0 Å². The van der Waals surface area contributed by atoms with E-state index in [0.29, 0.717) is 31.6 Å². The first-order valence-corrected chi connectivity index (χ1v) is 9.42. The van der Waals surface area contributed by atoms with Gasteiger partial charge in [0.2, 0.25) is 0 Å². The summed E-state index contributed by atoms with van der Waals surface area (Å²) in [7, 11) is 1.28. The van der Waals surface area contributed by atoms with Crippen LogP contribution in [-0.2, 0) is 19.1 Å². The van der Waals surface area contributed by atoms with Gasteiger partial charge in [0.05, 0.1) is 7.11 Å². The molecule has 3 saturated carbocycles. The van der Waals surface area contributed by atoms with E-state index in [1.807, 2.05) is 6.92 Å². The minimum atomic E-state index is -1.35. The van der Waals surface area contributed by atoms with Gasteiger partial charge >= 0.3 is 5.97 Å². The van der Waals surface area contributed by atoms with Gasteiger partial charge in [-0.1, -0.05) is 20.8 Å². The third kappa shape index (κ3) is 2.20. The topological polar surface area (TPSA) is 80.7 Å². The lowest BCUT2D eigenvalue weighted by Gasteiger charge is -2.44. The van der Waals surface area contributed by atoms with Crippen molar-refractivity contribution >= 4 is 17.5 Å². The van der Waals surface area contributed by atoms with Crippen LogP contribution in [-0.4, -0.2) is 35.4 Å². The third-order valence-electron chi connectivity index (χ3n) is 8.25. The minimum absolute atomic E-state index is 0.0513. The highest BCUT2D eigenvalue weighted by Crippen LogP contribution is 2.70. The first kappa shape index (κ1) is 18.6. The standard InChI is InChI=1S/C20H30O5/c1-17(2)13-7-10-18(17,3)20(24,12-13)15(22)8-11-19(16(23)25-4)9-5-6-14(19)21/h13,24H,5-12H2,1-4H3/t13-,18-,19+,20+/m1/s1. The number of ether oxygens (including phenoxy) is 1. The van der Waals surface area contributed by atoms with E-state index < -0.39 is 22.4 Å². The van der Waals surface area contributed by atoms with Crippen LogP contribution in [0.3, 0.4) is 0 Å². The molecule has 4 atom stereocenters. The van der Waals surface area contributed by atoms with E-state index >= 15 is 0 Å². The highest BCUT2D eigenvalue weighted by molar-refractivity contribution is 6.05. The molecule has 2 bridgehead atoms. The van der Waals surface area contributed by atoms with Crippen molar-refractivity contribution in [1.29, 1.82) is 0 Å². The van der Waals surface area contributed by atoms with E-state index in [4.69, 9.17) is 4.74 Å². The number of hydrogen-bond donors (Lipinski definition) is 1. The lowest BCUT2D eigenvalue weighted by atomic mass is 9.62. The third-order valence-corrected chi connectivity index (χ3v) is 8.25. The average Bonchev–Trinajstić information content (AvgIpc) is 3.10. The second kappa shape index (κ2) is 5.63. The van der Waals surface area contributed by atoms with Gasteiger partial charge in [-0.3, -0.25) is 14.4 Å². The van der Waals surface area contributed by atoms with Gasteiger partial charge in [0, 0.05) is 18.3 Å². The van der Waals surface area contributed by atoms with E-state index in [9.17, 15) is 19.5 Å². The van der Waals surface area contributed by atoms with Gasteiger partial charge in [0.15, 0.2) is 5.78 Å². The first-order valence-electron chi connectivity index (χ1n) is 9.42. The smallest absolute Gasteiger partial charge is 0.319 e. The number of hydrogen-bond acceptors (Lipinski definition) is 5. The lowest BCUT2D eigenvalue weighted by Crippen LogP contribution is -2.53. The molecule has 1 N–H and O–H groups in total. The summed E-state index contributed by atoms with van der Waals surface area (Å²) < 4.78 is 4.86. The van der Waals surface area contributed by atoms with Crippen LogP contribution in [0.2, 0.25) is 0 Å². The summed E-state index contributed by atoms with van der Waals surface area (Å²) in [6.07, 6.45) is 4.04. The molecule has 0 saturated heterocycles. The summed E-state index contributed by atoms with van der Waals surface area (Å²) >= 11 is 0. The zero-order valence-corrected chi connectivity index (χ0v) is 15.8. The number of aliphatic hydroxyl groups is 1. The SMILES string of the molecule is COC(=O)[C@]1(CCC(=O)[C@@]2(O)C[C@H]3CC[C@]2(C)C3(C)C)CCCC1=O. The lowest BCUT2D eigenvalue weighted by molar-refractivity contribution is -0.160. The van der Waals surface area contributed by atoms with E-state index in [2.05, 4.69) is 13.8 Å². The van der Waals surface area contributed by atoms with E-state index in [1.54, 1.807) is 0 Å². The van der Waals surface area contributed by atoms with Gasteiger partial charge in [-0.15, -0.1) is 0 Å². The fraction of sp³-hybridized carbons (Fsp3) is 0.850. The zero-order valence-electron chi connectivity index (χ0n) is 15.8. The van der Waals surface area contributed by atoms with E-state index in [1.165, 1.54) is 7.11 Å². The molecule has 0 heterocycles. The Morgan fingerprint density at radius 3 is 2.36 bits per heavy atom. The molecule has 25 heavy (non-hydrogen) atoms. The molecule has 0 amide bonds. The van der Waals surface area contributed by atoms with Crippen molar-refractivity contribution in [3.8, 4) is 0 Å². The van der Waals surface area contributed by atoms with Crippen molar-refractivity contribution in [1.82, 2.24) is 0 Å². The molecular formula is C20H30O5. The van der Waals surface area contributed by atoms with Crippen molar-refractivity contribution in [2.75, 3.05) is 7.11 Å². The normalized spacial score (nSPS) is 42.0. The van der Waals surface area contributed by atoms with Gasteiger partial charge in [-0.05, 0) is 49.9 Å². The van der Waals surface area contributed by atoms with E-state index in [-0.39, 0.29) is 29.8 Å². The number of methoxy groups -OCH3 is 1. The van der Waals surface area contributed by atoms with Crippen LogP contribution in [0.15, 0.2) is 0 Å². The number of rotatable bonds is 5. The Morgan fingerprint density at radius 1 is 1.24 bits per heavy atom. The summed E-state index contributed by atoms with van der Waals surface area (Å²) in [5.41, 5.74) is -3.06. The molecule has 140 valence electrons. The monoisotopic (exact) mass is 350 g/mol. The van der Waals surface area contributed by atoms with Gasteiger partial charge in [-0.25, -0.2) is 0 Å². The van der Waals surface area contributed by atoms with Crippen LogP contribution < -0.4 is 0 Å². The molecule has 0 aromatic carbocycles. The quantitative estimate of drug-likeness (QED) is 0.609.